The first-order valence-electron chi connectivity index (χ1n) is 7.68. The lowest BCUT2D eigenvalue weighted by atomic mass is 10.1. The molecule has 1 amide bonds. The molecule has 2 aromatic carbocycles. The Kier molecular flexibility index (Phi) is 4.70. The summed E-state index contributed by atoms with van der Waals surface area (Å²) in [7, 11) is 0. The Hall–Kier alpha value is -3.28. The van der Waals surface area contributed by atoms with Gasteiger partial charge in [0.1, 0.15) is 11.6 Å². The van der Waals surface area contributed by atoms with Gasteiger partial charge in [0.05, 0.1) is 0 Å². The summed E-state index contributed by atoms with van der Waals surface area (Å²) in [5.74, 6) is -0.443. The molecule has 0 aliphatic rings. The zero-order chi connectivity index (χ0) is 17.8. The Morgan fingerprint density at radius 1 is 1.00 bits per heavy atom. The van der Waals surface area contributed by atoms with Crippen LogP contribution in [0.3, 0.4) is 0 Å². The minimum Gasteiger partial charge on any atom is -0.504 e. The summed E-state index contributed by atoms with van der Waals surface area (Å²) < 4.78 is 18.4. The van der Waals surface area contributed by atoms with Crippen LogP contribution in [-0.4, -0.2) is 22.7 Å². The molecule has 25 heavy (non-hydrogen) atoms. The molecule has 1 aromatic heterocycles. The molecule has 6 heteroatoms. The summed E-state index contributed by atoms with van der Waals surface area (Å²) in [6, 6.07) is 13.5. The number of hydrogen-bond acceptors (Lipinski definition) is 4. The van der Waals surface area contributed by atoms with Gasteiger partial charge in [-0.15, -0.1) is 0 Å². The smallest absolute Gasteiger partial charge is 0.287 e. The molecule has 0 aliphatic heterocycles. The second-order valence-corrected chi connectivity index (χ2v) is 5.50. The van der Waals surface area contributed by atoms with Gasteiger partial charge in [0.25, 0.3) is 5.91 Å². The molecular formula is C19H16FNO4. The van der Waals surface area contributed by atoms with Crippen LogP contribution in [0.4, 0.5) is 4.39 Å². The lowest BCUT2D eigenvalue weighted by molar-refractivity contribution is 0.0927. The van der Waals surface area contributed by atoms with Crippen molar-refractivity contribution in [1.29, 1.82) is 0 Å². The molecule has 5 nitrogen and oxygen atoms in total. The van der Waals surface area contributed by atoms with E-state index in [1.807, 2.05) is 0 Å². The largest absolute Gasteiger partial charge is 0.504 e. The van der Waals surface area contributed by atoms with E-state index in [9.17, 15) is 19.4 Å². The predicted octanol–water partition coefficient (Wildman–Crippen LogP) is 3.47. The third-order valence-electron chi connectivity index (χ3n) is 3.70. The number of halogens is 1. The van der Waals surface area contributed by atoms with Crippen LogP contribution < -0.4 is 5.32 Å². The van der Waals surface area contributed by atoms with Crippen molar-refractivity contribution in [2.75, 3.05) is 6.54 Å². The third kappa shape index (κ3) is 3.98. The van der Waals surface area contributed by atoms with Gasteiger partial charge in [-0.1, -0.05) is 6.07 Å². The van der Waals surface area contributed by atoms with Crippen molar-refractivity contribution in [3.05, 3.63) is 71.7 Å². The first kappa shape index (κ1) is 16.6. The van der Waals surface area contributed by atoms with Gasteiger partial charge < -0.3 is 19.9 Å². The lowest BCUT2D eigenvalue weighted by Crippen LogP contribution is -2.25. The number of hydrogen-bond donors (Lipinski definition) is 3. The molecular weight excluding hydrogens is 325 g/mol. The topological polar surface area (TPSA) is 82.7 Å². The van der Waals surface area contributed by atoms with Crippen molar-refractivity contribution < 1.29 is 23.8 Å². The summed E-state index contributed by atoms with van der Waals surface area (Å²) in [4.78, 5) is 12.1. The van der Waals surface area contributed by atoms with E-state index >= 15 is 0 Å². The van der Waals surface area contributed by atoms with Gasteiger partial charge in [-0.3, -0.25) is 4.79 Å². The summed E-state index contributed by atoms with van der Waals surface area (Å²) in [6.45, 7) is 0.343. The highest BCUT2D eigenvalue weighted by Gasteiger charge is 2.12. The van der Waals surface area contributed by atoms with Crippen molar-refractivity contribution in [3.63, 3.8) is 0 Å². The van der Waals surface area contributed by atoms with Crippen LogP contribution in [0.5, 0.6) is 11.5 Å². The highest BCUT2D eigenvalue weighted by molar-refractivity contribution is 5.92. The van der Waals surface area contributed by atoms with Gasteiger partial charge in [0, 0.05) is 12.1 Å². The number of furan rings is 1. The summed E-state index contributed by atoms with van der Waals surface area (Å²) in [6.07, 6.45) is 0.491. The van der Waals surface area contributed by atoms with Gasteiger partial charge in [-0.05, 0) is 60.5 Å². The Labute approximate surface area is 143 Å². The number of phenolic OH excluding ortho intramolecular Hbond substituents is 2. The predicted molar refractivity (Wildman–Crippen MR) is 89.9 cm³/mol. The molecule has 0 fully saturated rings. The molecule has 0 unspecified atom stereocenters. The van der Waals surface area contributed by atoms with Gasteiger partial charge in [-0.2, -0.15) is 0 Å². The summed E-state index contributed by atoms with van der Waals surface area (Å²) in [5.41, 5.74) is 1.46. The summed E-state index contributed by atoms with van der Waals surface area (Å²) in [5, 5.41) is 21.4. The van der Waals surface area contributed by atoms with Crippen LogP contribution in [0.15, 0.2) is 59.0 Å². The molecule has 0 atom stereocenters. The Morgan fingerprint density at radius 2 is 1.76 bits per heavy atom. The number of phenols is 2. The monoisotopic (exact) mass is 341 g/mol. The quantitative estimate of drug-likeness (QED) is 0.621. The Balaban J connectivity index is 1.58. The fraction of sp³-hybridized carbons (Fsp3) is 0.105. The number of rotatable bonds is 5. The fourth-order valence-electron chi connectivity index (χ4n) is 2.36. The minimum absolute atomic E-state index is 0.160. The molecule has 3 aromatic rings. The number of amides is 1. The second-order valence-electron chi connectivity index (χ2n) is 5.50. The van der Waals surface area contributed by atoms with E-state index < -0.39 is 0 Å². The highest BCUT2D eigenvalue weighted by Crippen LogP contribution is 2.25. The third-order valence-corrected chi connectivity index (χ3v) is 3.70. The molecule has 3 rings (SSSR count). The Bertz CT molecular complexity index is 887. The minimum atomic E-state index is -0.364. The van der Waals surface area contributed by atoms with Crippen molar-refractivity contribution in [2.45, 2.75) is 6.42 Å². The van der Waals surface area contributed by atoms with Crippen molar-refractivity contribution in [3.8, 4) is 22.8 Å². The SMILES string of the molecule is O=C(NCCc1ccc(O)c(O)c1)c1ccc(-c2ccc(F)cc2)o1. The maximum Gasteiger partial charge on any atom is 0.287 e. The van der Waals surface area contributed by atoms with E-state index in [1.54, 1.807) is 30.3 Å². The van der Waals surface area contributed by atoms with Crippen LogP contribution in [-0.2, 0) is 6.42 Å². The molecule has 0 saturated carbocycles. The van der Waals surface area contributed by atoms with Crippen molar-refractivity contribution >= 4 is 5.91 Å². The number of nitrogens with one attached hydrogen (secondary N) is 1. The maximum atomic E-state index is 12.9. The van der Waals surface area contributed by atoms with Crippen LogP contribution in [0.25, 0.3) is 11.3 Å². The van der Waals surface area contributed by atoms with Gasteiger partial charge in [0.15, 0.2) is 17.3 Å². The number of carbonyl (C=O) groups excluding carboxylic acids is 1. The molecule has 1 heterocycles. The molecule has 0 bridgehead atoms. The molecule has 0 spiro atoms. The van der Waals surface area contributed by atoms with Gasteiger partial charge >= 0.3 is 0 Å². The van der Waals surface area contributed by atoms with E-state index in [2.05, 4.69) is 5.32 Å². The average molecular weight is 341 g/mol. The molecule has 0 radical (unpaired) electrons. The fourth-order valence-corrected chi connectivity index (χ4v) is 2.36. The van der Waals surface area contributed by atoms with Crippen LogP contribution in [0, 0.1) is 5.82 Å². The number of benzene rings is 2. The first-order valence-corrected chi connectivity index (χ1v) is 7.68. The molecule has 0 aliphatic carbocycles. The van der Waals surface area contributed by atoms with E-state index in [0.29, 0.717) is 24.3 Å². The van der Waals surface area contributed by atoms with Gasteiger partial charge in [-0.25, -0.2) is 4.39 Å². The van der Waals surface area contributed by atoms with Crippen molar-refractivity contribution in [2.24, 2.45) is 0 Å². The Morgan fingerprint density at radius 3 is 2.48 bits per heavy atom. The zero-order valence-electron chi connectivity index (χ0n) is 13.2. The van der Waals surface area contributed by atoms with E-state index in [0.717, 1.165) is 5.56 Å². The molecule has 128 valence electrons. The standard InChI is InChI=1S/C19H16FNO4/c20-14-4-2-13(3-5-14)17-7-8-18(25-17)19(24)21-10-9-12-1-6-15(22)16(23)11-12/h1-8,11,22-23H,9-10H2,(H,21,24). The maximum absolute atomic E-state index is 12.9. The first-order chi connectivity index (χ1) is 12.0. The normalized spacial score (nSPS) is 10.6. The van der Waals surface area contributed by atoms with E-state index in [-0.39, 0.29) is 29.0 Å². The number of carbonyl (C=O) groups is 1. The molecule has 0 saturated heterocycles. The molecule has 3 N–H and O–H groups in total. The average Bonchev–Trinajstić information content (AvgIpc) is 3.09. The summed E-state index contributed by atoms with van der Waals surface area (Å²) >= 11 is 0. The van der Waals surface area contributed by atoms with Crippen LogP contribution in [0.1, 0.15) is 16.1 Å². The zero-order valence-corrected chi connectivity index (χ0v) is 13.2. The highest BCUT2D eigenvalue weighted by atomic mass is 19.1. The van der Waals surface area contributed by atoms with E-state index in [4.69, 9.17) is 4.42 Å². The lowest BCUT2D eigenvalue weighted by Gasteiger charge is -2.05. The van der Waals surface area contributed by atoms with Crippen molar-refractivity contribution in [1.82, 2.24) is 5.32 Å². The number of aromatic hydroxyl groups is 2. The van der Waals surface area contributed by atoms with Gasteiger partial charge in [0.2, 0.25) is 0 Å². The van der Waals surface area contributed by atoms with E-state index in [1.165, 1.54) is 24.3 Å². The van der Waals surface area contributed by atoms with Crippen LogP contribution in [0.2, 0.25) is 0 Å². The second kappa shape index (κ2) is 7.09. The van der Waals surface area contributed by atoms with Crippen LogP contribution >= 0.6 is 0 Å².